The smallest absolute Gasteiger partial charge is 0.165 e. The summed E-state index contributed by atoms with van der Waals surface area (Å²) in [7, 11) is 0. The highest BCUT2D eigenvalue weighted by molar-refractivity contribution is 5.81. The van der Waals surface area contributed by atoms with Crippen LogP contribution in [0.5, 0.6) is 17.2 Å². The summed E-state index contributed by atoms with van der Waals surface area (Å²) in [6, 6.07) is 7.36. The lowest BCUT2D eigenvalue weighted by Crippen LogP contribution is -1.96. The largest absolute Gasteiger partial charge is 0.508 e. The first kappa shape index (κ1) is 15.2. The Bertz CT molecular complexity index is 660. The molecule has 0 saturated heterocycles. The van der Waals surface area contributed by atoms with Crippen LogP contribution < -0.4 is 0 Å². The molecule has 0 aromatic heterocycles. The first-order valence-corrected chi connectivity index (χ1v) is 7.42. The van der Waals surface area contributed by atoms with Gasteiger partial charge in [-0.2, -0.15) is 0 Å². The van der Waals surface area contributed by atoms with E-state index < -0.39 is 0 Å². The van der Waals surface area contributed by atoms with Gasteiger partial charge < -0.3 is 15.3 Å². The minimum absolute atomic E-state index is 0.0201. The molecule has 0 heterocycles. The molecule has 3 N–H and O–H groups in total. The molecule has 0 unspecified atom stereocenters. The zero-order valence-electron chi connectivity index (χ0n) is 12.8. The predicted molar refractivity (Wildman–Crippen MR) is 85.0 cm³/mol. The molecule has 0 amide bonds. The van der Waals surface area contributed by atoms with Crippen molar-refractivity contribution in [2.75, 3.05) is 0 Å². The number of hydrogen-bond acceptors (Lipinski definition) is 3. The third-order valence-corrected chi connectivity index (χ3v) is 3.95. The molecule has 0 radical (unpaired) electrons. The summed E-state index contributed by atoms with van der Waals surface area (Å²) in [6.07, 6.45) is 2.29. The molecule has 3 heteroatoms. The fraction of sp³-hybridized carbons (Fsp3) is 0.333. The molecule has 0 bridgehead atoms. The van der Waals surface area contributed by atoms with Gasteiger partial charge in [0.2, 0.25) is 0 Å². The second-order valence-corrected chi connectivity index (χ2v) is 5.17. The molecule has 21 heavy (non-hydrogen) atoms. The van der Waals surface area contributed by atoms with Gasteiger partial charge in [0.05, 0.1) is 0 Å². The van der Waals surface area contributed by atoms with E-state index in [1.807, 2.05) is 19.1 Å². The summed E-state index contributed by atoms with van der Waals surface area (Å²) in [5.74, 6) is -0.428. The minimum atomic E-state index is -0.288. The van der Waals surface area contributed by atoms with E-state index >= 15 is 0 Å². The first-order valence-electron chi connectivity index (χ1n) is 7.42. The fourth-order valence-electron chi connectivity index (χ4n) is 2.72. The van der Waals surface area contributed by atoms with Crippen molar-refractivity contribution in [1.82, 2.24) is 0 Å². The van der Waals surface area contributed by atoms with Gasteiger partial charge >= 0.3 is 0 Å². The van der Waals surface area contributed by atoms with Crippen LogP contribution in [0.4, 0.5) is 0 Å². The molecule has 2 aromatic rings. The molecule has 2 rings (SSSR count). The van der Waals surface area contributed by atoms with E-state index in [0.717, 1.165) is 29.5 Å². The Kier molecular flexibility index (Phi) is 4.41. The maximum atomic E-state index is 10.3. The number of aromatic hydroxyl groups is 3. The monoisotopic (exact) mass is 286 g/mol. The second kappa shape index (κ2) is 6.08. The molecule has 0 fully saturated rings. The maximum Gasteiger partial charge on any atom is 0.165 e. The molecule has 0 atom stereocenters. The number of rotatable bonds is 4. The van der Waals surface area contributed by atoms with Crippen LogP contribution in [0.15, 0.2) is 24.3 Å². The Balaban J connectivity index is 2.82. The van der Waals surface area contributed by atoms with Gasteiger partial charge in [-0.1, -0.05) is 39.0 Å². The maximum absolute atomic E-state index is 10.3. The summed E-state index contributed by atoms with van der Waals surface area (Å²) in [4.78, 5) is 0. The lowest BCUT2D eigenvalue weighted by molar-refractivity contribution is 0.396. The highest BCUT2D eigenvalue weighted by Gasteiger charge is 2.19. The zero-order chi connectivity index (χ0) is 15.6. The normalized spacial score (nSPS) is 10.8. The Morgan fingerprint density at radius 1 is 0.810 bits per heavy atom. The summed E-state index contributed by atoms with van der Waals surface area (Å²) >= 11 is 0. The number of benzene rings is 2. The summed E-state index contributed by atoms with van der Waals surface area (Å²) in [5, 5.41) is 30.2. The summed E-state index contributed by atoms with van der Waals surface area (Å²) in [6.45, 7) is 6.05. The van der Waals surface area contributed by atoms with Crippen LogP contribution in [0.25, 0.3) is 11.1 Å². The summed E-state index contributed by atoms with van der Waals surface area (Å²) < 4.78 is 0. The molecule has 112 valence electrons. The van der Waals surface area contributed by atoms with Crippen LogP contribution in [-0.4, -0.2) is 15.3 Å². The van der Waals surface area contributed by atoms with E-state index in [9.17, 15) is 15.3 Å². The van der Waals surface area contributed by atoms with Crippen molar-refractivity contribution in [3.8, 4) is 28.4 Å². The van der Waals surface area contributed by atoms with Gasteiger partial charge in [-0.15, -0.1) is 0 Å². The van der Waals surface area contributed by atoms with Crippen molar-refractivity contribution in [1.29, 1.82) is 0 Å². The molecule has 0 aliphatic heterocycles. The Labute approximate surface area is 125 Å². The van der Waals surface area contributed by atoms with Crippen LogP contribution in [0.2, 0.25) is 0 Å². The van der Waals surface area contributed by atoms with Gasteiger partial charge in [0, 0.05) is 17.2 Å². The molecule has 3 nitrogen and oxygen atoms in total. The minimum Gasteiger partial charge on any atom is -0.508 e. The van der Waals surface area contributed by atoms with E-state index in [-0.39, 0.29) is 17.2 Å². The Hall–Kier alpha value is -2.16. The Morgan fingerprint density at radius 3 is 2.10 bits per heavy atom. The van der Waals surface area contributed by atoms with Gasteiger partial charge in [0.1, 0.15) is 5.75 Å². The van der Waals surface area contributed by atoms with E-state index in [1.54, 1.807) is 0 Å². The second-order valence-electron chi connectivity index (χ2n) is 5.17. The highest BCUT2D eigenvalue weighted by Crippen LogP contribution is 2.45. The first-order chi connectivity index (χ1) is 10.0. The van der Waals surface area contributed by atoms with E-state index in [1.165, 1.54) is 6.07 Å². The molecular formula is C18H22O3. The number of phenols is 3. The average Bonchev–Trinajstić information content (AvgIpc) is 2.49. The lowest BCUT2D eigenvalue weighted by atomic mass is 9.90. The number of aryl methyl sites for hydroxylation is 2. The van der Waals surface area contributed by atoms with Gasteiger partial charge in [0.25, 0.3) is 0 Å². The van der Waals surface area contributed by atoms with E-state index in [4.69, 9.17) is 0 Å². The van der Waals surface area contributed by atoms with Gasteiger partial charge in [-0.25, -0.2) is 0 Å². The topological polar surface area (TPSA) is 60.7 Å². The van der Waals surface area contributed by atoms with Crippen molar-refractivity contribution in [2.45, 2.75) is 40.0 Å². The predicted octanol–water partition coefficient (Wildman–Crippen LogP) is 4.16. The number of hydrogen-bond donors (Lipinski definition) is 3. The molecule has 0 aliphatic rings. The van der Waals surface area contributed by atoms with Crippen LogP contribution in [0, 0.1) is 0 Å². The van der Waals surface area contributed by atoms with Crippen LogP contribution in [0.3, 0.4) is 0 Å². The van der Waals surface area contributed by atoms with Crippen LogP contribution >= 0.6 is 0 Å². The third-order valence-electron chi connectivity index (χ3n) is 3.95. The highest BCUT2D eigenvalue weighted by atomic mass is 16.3. The molecule has 0 saturated carbocycles. The van der Waals surface area contributed by atoms with Crippen LogP contribution in [-0.2, 0) is 19.3 Å². The van der Waals surface area contributed by atoms with Crippen molar-refractivity contribution >= 4 is 0 Å². The zero-order valence-corrected chi connectivity index (χ0v) is 12.8. The van der Waals surface area contributed by atoms with Crippen molar-refractivity contribution in [2.24, 2.45) is 0 Å². The number of phenolic OH excluding ortho intramolecular Hbond substituents is 3. The molecular weight excluding hydrogens is 264 g/mol. The quantitative estimate of drug-likeness (QED) is 0.584. The fourth-order valence-corrected chi connectivity index (χ4v) is 2.72. The SMILES string of the molecule is CCc1ccc(CC)c(-c2c(O)c(O)cc(O)c2CC)c1. The van der Waals surface area contributed by atoms with Crippen molar-refractivity contribution in [3.05, 3.63) is 41.0 Å². The Morgan fingerprint density at radius 2 is 1.52 bits per heavy atom. The lowest BCUT2D eigenvalue weighted by Gasteiger charge is -2.17. The van der Waals surface area contributed by atoms with Gasteiger partial charge in [-0.05, 0) is 36.0 Å². The molecule has 2 aromatic carbocycles. The van der Waals surface area contributed by atoms with Crippen LogP contribution in [0.1, 0.15) is 37.5 Å². The van der Waals surface area contributed by atoms with E-state index in [0.29, 0.717) is 17.5 Å². The van der Waals surface area contributed by atoms with Crippen molar-refractivity contribution in [3.63, 3.8) is 0 Å². The van der Waals surface area contributed by atoms with Crippen molar-refractivity contribution < 1.29 is 15.3 Å². The standard InChI is InChI=1S/C18H22O3/c1-4-11-7-8-12(5-2)14(9-11)17-13(6-3)15(19)10-16(20)18(17)21/h7-10,19-21H,4-6H2,1-3H3. The third kappa shape index (κ3) is 2.68. The summed E-state index contributed by atoms with van der Waals surface area (Å²) in [5.41, 5.74) is 4.33. The van der Waals surface area contributed by atoms with E-state index in [2.05, 4.69) is 19.9 Å². The van der Waals surface area contributed by atoms with Gasteiger partial charge in [0.15, 0.2) is 11.5 Å². The van der Waals surface area contributed by atoms with Gasteiger partial charge in [-0.3, -0.25) is 0 Å². The molecule has 0 spiro atoms. The molecule has 0 aliphatic carbocycles. The average molecular weight is 286 g/mol.